The highest BCUT2D eigenvalue weighted by atomic mass is 16.5. The van der Waals surface area contributed by atoms with Gasteiger partial charge in [0.15, 0.2) is 0 Å². The summed E-state index contributed by atoms with van der Waals surface area (Å²) in [7, 11) is 1.62. The van der Waals surface area contributed by atoms with Crippen molar-refractivity contribution in [2.24, 2.45) is 0 Å². The maximum absolute atomic E-state index is 12.7. The zero-order chi connectivity index (χ0) is 19.7. The first kappa shape index (κ1) is 17.9. The van der Waals surface area contributed by atoms with E-state index in [1.165, 1.54) is 0 Å². The lowest BCUT2D eigenvalue weighted by molar-refractivity contribution is -0.111. The van der Waals surface area contributed by atoms with E-state index in [1.54, 1.807) is 19.4 Å². The molecule has 1 N–H and O–H groups in total. The molecule has 0 aliphatic heterocycles. The van der Waals surface area contributed by atoms with Gasteiger partial charge in [-0.15, -0.1) is 0 Å². The van der Waals surface area contributed by atoms with Gasteiger partial charge < -0.3 is 14.5 Å². The van der Waals surface area contributed by atoms with Crippen molar-refractivity contribution in [2.75, 3.05) is 12.4 Å². The lowest BCUT2D eigenvalue weighted by Gasteiger charge is -2.10. The molecule has 0 bridgehead atoms. The van der Waals surface area contributed by atoms with Gasteiger partial charge in [0.25, 0.3) is 0 Å². The Hall–Kier alpha value is -3.53. The first-order valence-electron chi connectivity index (χ1n) is 9.10. The zero-order valence-electron chi connectivity index (χ0n) is 16.1. The lowest BCUT2D eigenvalue weighted by atomic mass is 10.0. The zero-order valence-corrected chi connectivity index (χ0v) is 16.1. The van der Waals surface area contributed by atoms with E-state index in [4.69, 9.17) is 9.15 Å². The predicted molar refractivity (Wildman–Crippen MR) is 114 cm³/mol. The van der Waals surface area contributed by atoms with Crippen LogP contribution in [0.15, 0.2) is 71.4 Å². The second-order valence-electron chi connectivity index (χ2n) is 6.81. The number of methoxy groups -OCH3 is 1. The number of nitrogens with one attached hydrogen (secondary N) is 1. The fourth-order valence-corrected chi connectivity index (χ4v) is 3.44. The Morgan fingerprint density at radius 2 is 1.86 bits per heavy atom. The van der Waals surface area contributed by atoms with Crippen molar-refractivity contribution in [2.45, 2.75) is 13.8 Å². The fourth-order valence-electron chi connectivity index (χ4n) is 3.44. The molecule has 0 saturated carbocycles. The number of allylic oxidation sites excluding steroid dienone is 1. The SMILES string of the molecule is COc1cc2occ(C)c2cc1/C(C)=C/C(=O)Nc1cccc2ccccc12. The Kier molecular flexibility index (Phi) is 4.62. The Morgan fingerprint density at radius 1 is 1.07 bits per heavy atom. The summed E-state index contributed by atoms with van der Waals surface area (Å²) in [6.07, 6.45) is 3.32. The molecule has 0 spiro atoms. The van der Waals surface area contributed by atoms with Crippen molar-refractivity contribution in [1.82, 2.24) is 0 Å². The van der Waals surface area contributed by atoms with Crippen LogP contribution < -0.4 is 10.1 Å². The van der Waals surface area contributed by atoms with Gasteiger partial charge >= 0.3 is 0 Å². The van der Waals surface area contributed by atoms with Crippen LogP contribution in [0.5, 0.6) is 5.75 Å². The molecule has 0 saturated heterocycles. The predicted octanol–water partition coefficient (Wildman–Crippen LogP) is 5.95. The van der Waals surface area contributed by atoms with Crippen LogP contribution in [0.2, 0.25) is 0 Å². The molecule has 0 unspecified atom stereocenters. The fraction of sp³-hybridized carbons (Fsp3) is 0.125. The molecule has 4 aromatic rings. The third-order valence-corrected chi connectivity index (χ3v) is 4.91. The summed E-state index contributed by atoms with van der Waals surface area (Å²) in [6, 6.07) is 17.7. The maximum Gasteiger partial charge on any atom is 0.248 e. The molecular formula is C24H21NO3. The van der Waals surface area contributed by atoms with Crippen LogP contribution in [0.3, 0.4) is 0 Å². The molecular weight excluding hydrogens is 350 g/mol. The smallest absolute Gasteiger partial charge is 0.248 e. The third kappa shape index (κ3) is 3.25. The van der Waals surface area contributed by atoms with E-state index in [-0.39, 0.29) is 5.91 Å². The molecule has 0 radical (unpaired) electrons. The van der Waals surface area contributed by atoms with E-state index in [9.17, 15) is 4.79 Å². The van der Waals surface area contributed by atoms with E-state index in [0.29, 0.717) is 5.75 Å². The second kappa shape index (κ2) is 7.24. The van der Waals surface area contributed by atoms with E-state index in [0.717, 1.165) is 44.1 Å². The van der Waals surface area contributed by atoms with Gasteiger partial charge in [0.1, 0.15) is 11.3 Å². The molecule has 1 amide bonds. The van der Waals surface area contributed by atoms with Gasteiger partial charge in [-0.25, -0.2) is 0 Å². The van der Waals surface area contributed by atoms with E-state index >= 15 is 0 Å². The average molecular weight is 371 g/mol. The molecule has 0 aliphatic rings. The minimum atomic E-state index is -0.181. The minimum Gasteiger partial charge on any atom is -0.496 e. The number of carbonyl (C=O) groups is 1. The lowest BCUT2D eigenvalue weighted by Crippen LogP contribution is -2.09. The quantitative estimate of drug-likeness (QED) is 0.451. The molecule has 0 atom stereocenters. The highest BCUT2D eigenvalue weighted by Gasteiger charge is 2.12. The number of hydrogen-bond acceptors (Lipinski definition) is 3. The van der Waals surface area contributed by atoms with Gasteiger partial charge in [0.2, 0.25) is 5.91 Å². The maximum atomic E-state index is 12.7. The van der Waals surface area contributed by atoms with Gasteiger partial charge in [0.05, 0.1) is 13.4 Å². The molecule has 4 rings (SSSR count). The van der Waals surface area contributed by atoms with Gasteiger partial charge in [-0.1, -0.05) is 36.4 Å². The Balaban J connectivity index is 1.67. The number of carbonyl (C=O) groups excluding carboxylic acids is 1. The molecule has 1 aromatic heterocycles. The monoisotopic (exact) mass is 371 g/mol. The number of benzene rings is 3. The molecule has 4 nitrogen and oxygen atoms in total. The number of anilines is 1. The van der Waals surface area contributed by atoms with Crippen LogP contribution in [0, 0.1) is 6.92 Å². The van der Waals surface area contributed by atoms with Gasteiger partial charge in [0, 0.05) is 34.2 Å². The third-order valence-electron chi connectivity index (χ3n) is 4.91. The van der Waals surface area contributed by atoms with Crippen LogP contribution in [-0.4, -0.2) is 13.0 Å². The number of hydrogen-bond donors (Lipinski definition) is 1. The summed E-state index contributed by atoms with van der Waals surface area (Å²) < 4.78 is 11.1. The van der Waals surface area contributed by atoms with E-state index < -0.39 is 0 Å². The highest BCUT2D eigenvalue weighted by molar-refractivity contribution is 6.09. The van der Waals surface area contributed by atoms with Crippen molar-refractivity contribution < 1.29 is 13.9 Å². The second-order valence-corrected chi connectivity index (χ2v) is 6.81. The number of ether oxygens (including phenoxy) is 1. The molecule has 0 aliphatic carbocycles. The van der Waals surface area contributed by atoms with Gasteiger partial charge in [-0.2, -0.15) is 0 Å². The number of amides is 1. The Bertz CT molecular complexity index is 1210. The molecule has 28 heavy (non-hydrogen) atoms. The number of furan rings is 1. The van der Waals surface area contributed by atoms with Crippen LogP contribution in [0.4, 0.5) is 5.69 Å². The number of fused-ring (bicyclic) bond motifs is 2. The van der Waals surface area contributed by atoms with Crippen LogP contribution in [0.1, 0.15) is 18.1 Å². The summed E-state index contributed by atoms with van der Waals surface area (Å²) in [5.74, 6) is 0.494. The van der Waals surface area contributed by atoms with E-state index in [2.05, 4.69) is 5.32 Å². The first-order valence-corrected chi connectivity index (χ1v) is 9.10. The molecule has 3 aromatic carbocycles. The molecule has 0 fully saturated rings. The minimum absolute atomic E-state index is 0.181. The molecule has 1 heterocycles. The van der Waals surface area contributed by atoms with Gasteiger partial charge in [-0.3, -0.25) is 4.79 Å². The molecule has 140 valence electrons. The molecule has 4 heteroatoms. The summed E-state index contributed by atoms with van der Waals surface area (Å²) in [5, 5.41) is 6.10. The van der Waals surface area contributed by atoms with Crippen molar-refractivity contribution in [3.05, 3.63) is 78.1 Å². The summed E-state index contributed by atoms with van der Waals surface area (Å²) in [5.41, 5.74) is 4.29. The Labute approximate surface area is 163 Å². The van der Waals surface area contributed by atoms with Crippen molar-refractivity contribution >= 4 is 38.9 Å². The summed E-state index contributed by atoms with van der Waals surface area (Å²) >= 11 is 0. The number of rotatable bonds is 4. The average Bonchev–Trinajstić information content (AvgIpc) is 3.07. The Morgan fingerprint density at radius 3 is 2.68 bits per heavy atom. The standard InChI is InChI=1S/C24H21NO3/c1-15(19-12-20-16(2)14-28-23(20)13-22(19)27-3)11-24(26)25-21-10-6-8-17-7-4-5-9-18(17)21/h4-14H,1-3H3,(H,25,26)/b15-11+. The largest absolute Gasteiger partial charge is 0.496 e. The van der Waals surface area contributed by atoms with Gasteiger partial charge in [-0.05, 0) is 42.5 Å². The van der Waals surface area contributed by atoms with Crippen LogP contribution in [-0.2, 0) is 4.79 Å². The first-order chi connectivity index (χ1) is 13.6. The van der Waals surface area contributed by atoms with Crippen molar-refractivity contribution in [1.29, 1.82) is 0 Å². The van der Waals surface area contributed by atoms with Crippen LogP contribution >= 0.6 is 0 Å². The van der Waals surface area contributed by atoms with Crippen molar-refractivity contribution in [3.8, 4) is 5.75 Å². The topological polar surface area (TPSA) is 51.5 Å². The van der Waals surface area contributed by atoms with Crippen LogP contribution in [0.25, 0.3) is 27.3 Å². The summed E-state index contributed by atoms with van der Waals surface area (Å²) in [4.78, 5) is 12.7. The van der Waals surface area contributed by atoms with E-state index in [1.807, 2.05) is 68.4 Å². The highest BCUT2D eigenvalue weighted by Crippen LogP contribution is 2.33. The normalized spacial score (nSPS) is 11.8. The summed E-state index contributed by atoms with van der Waals surface area (Å²) in [6.45, 7) is 3.90. The number of aryl methyl sites for hydroxylation is 1. The van der Waals surface area contributed by atoms with Crippen molar-refractivity contribution in [3.63, 3.8) is 0 Å².